The number of hydrogen-bond acceptors (Lipinski definition) is 4. The predicted molar refractivity (Wildman–Crippen MR) is 70.4 cm³/mol. The molecule has 0 aromatic carbocycles. The standard InChI is InChI=1S/C11H17F2N3OS/c1-3-14-10-8(12)7-9(13)11(16-10)15-5-4-6-18(2)17/h7H,3-6H2,1-2H3,(H2,14,15,16). The van der Waals surface area contributed by atoms with Crippen LogP contribution in [0.4, 0.5) is 20.4 Å². The Morgan fingerprint density at radius 3 is 2.44 bits per heavy atom. The third-order valence-corrected chi connectivity index (χ3v) is 3.04. The molecule has 1 aromatic rings. The Hall–Kier alpha value is -1.24. The Kier molecular flexibility index (Phi) is 5.97. The van der Waals surface area contributed by atoms with Crippen molar-refractivity contribution in [1.82, 2.24) is 4.98 Å². The average molecular weight is 277 g/mol. The molecular formula is C11H17F2N3OS. The highest BCUT2D eigenvalue weighted by Gasteiger charge is 2.10. The lowest BCUT2D eigenvalue weighted by molar-refractivity contribution is 0.578. The van der Waals surface area contributed by atoms with Gasteiger partial charge in [-0.3, -0.25) is 4.21 Å². The van der Waals surface area contributed by atoms with E-state index in [9.17, 15) is 13.0 Å². The van der Waals surface area contributed by atoms with Gasteiger partial charge in [-0.25, -0.2) is 13.8 Å². The van der Waals surface area contributed by atoms with Crippen molar-refractivity contribution < 1.29 is 13.0 Å². The van der Waals surface area contributed by atoms with Gasteiger partial charge in [-0.15, -0.1) is 0 Å². The van der Waals surface area contributed by atoms with E-state index in [1.54, 1.807) is 13.2 Å². The maximum Gasteiger partial charge on any atom is 0.168 e. The molecule has 0 aliphatic heterocycles. The van der Waals surface area contributed by atoms with E-state index in [0.29, 0.717) is 25.3 Å². The van der Waals surface area contributed by atoms with Crippen LogP contribution in [0.5, 0.6) is 0 Å². The first-order chi connectivity index (χ1) is 8.54. The Morgan fingerprint density at radius 2 is 1.89 bits per heavy atom. The van der Waals surface area contributed by atoms with Crippen LogP contribution < -0.4 is 10.6 Å². The molecule has 0 fully saturated rings. The largest absolute Gasteiger partial charge is 0.368 e. The fourth-order valence-corrected chi connectivity index (χ4v) is 1.92. The second kappa shape index (κ2) is 7.25. The number of nitrogens with one attached hydrogen (secondary N) is 2. The SMILES string of the molecule is CCNc1nc(NCCCS(C)=O)c(F)cc1F. The van der Waals surface area contributed by atoms with Crippen LogP contribution in [0.1, 0.15) is 13.3 Å². The van der Waals surface area contributed by atoms with Crippen LogP contribution in [0, 0.1) is 11.6 Å². The smallest absolute Gasteiger partial charge is 0.168 e. The van der Waals surface area contributed by atoms with Gasteiger partial charge in [0.25, 0.3) is 0 Å². The van der Waals surface area contributed by atoms with Crippen molar-refractivity contribution in [2.24, 2.45) is 0 Å². The molecule has 1 rings (SSSR count). The average Bonchev–Trinajstić information content (AvgIpc) is 2.29. The molecule has 1 aromatic heterocycles. The van der Waals surface area contributed by atoms with Gasteiger partial charge in [0.15, 0.2) is 23.3 Å². The van der Waals surface area contributed by atoms with Crippen LogP contribution in [0.15, 0.2) is 6.07 Å². The molecule has 0 saturated heterocycles. The lowest BCUT2D eigenvalue weighted by atomic mass is 10.3. The van der Waals surface area contributed by atoms with Crippen LogP contribution in [-0.4, -0.2) is 34.3 Å². The summed E-state index contributed by atoms with van der Waals surface area (Å²) in [6.45, 7) is 2.75. The Morgan fingerprint density at radius 1 is 1.28 bits per heavy atom. The molecule has 0 radical (unpaired) electrons. The van der Waals surface area contributed by atoms with Gasteiger partial charge in [0.2, 0.25) is 0 Å². The summed E-state index contributed by atoms with van der Waals surface area (Å²) in [4.78, 5) is 3.83. The molecule has 1 unspecified atom stereocenters. The molecule has 0 aliphatic rings. The topological polar surface area (TPSA) is 54.0 Å². The van der Waals surface area contributed by atoms with Gasteiger partial charge in [-0.2, -0.15) is 0 Å². The zero-order chi connectivity index (χ0) is 13.5. The first kappa shape index (κ1) is 14.8. The summed E-state index contributed by atoms with van der Waals surface area (Å²) in [6.07, 6.45) is 2.25. The number of rotatable bonds is 7. The quantitative estimate of drug-likeness (QED) is 0.748. The second-order valence-corrected chi connectivity index (χ2v) is 5.29. The predicted octanol–water partition coefficient (Wildman–Crippen LogP) is 1.97. The summed E-state index contributed by atoms with van der Waals surface area (Å²) < 4.78 is 37.5. The van der Waals surface area contributed by atoms with Crippen LogP contribution in [-0.2, 0) is 10.8 Å². The van der Waals surface area contributed by atoms with Gasteiger partial charge in [0.05, 0.1) is 0 Å². The highest BCUT2D eigenvalue weighted by atomic mass is 32.2. The Bertz CT molecular complexity index is 429. The lowest BCUT2D eigenvalue weighted by Crippen LogP contribution is -2.11. The van der Waals surface area contributed by atoms with E-state index in [2.05, 4.69) is 15.6 Å². The minimum Gasteiger partial charge on any atom is -0.368 e. The fourth-order valence-electron chi connectivity index (χ4n) is 1.36. The van der Waals surface area contributed by atoms with E-state index in [1.807, 2.05) is 0 Å². The third kappa shape index (κ3) is 4.56. The first-order valence-corrected chi connectivity index (χ1v) is 7.41. The minimum atomic E-state index is -0.866. The first-order valence-electron chi connectivity index (χ1n) is 5.68. The number of hydrogen-bond donors (Lipinski definition) is 2. The van der Waals surface area contributed by atoms with Gasteiger partial charge >= 0.3 is 0 Å². The number of aromatic nitrogens is 1. The summed E-state index contributed by atoms with van der Waals surface area (Å²) in [5.74, 6) is -0.869. The van der Waals surface area contributed by atoms with Gasteiger partial charge in [-0.1, -0.05) is 0 Å². The van der Waals surface area contributed by atoms with Gasteiger partial charge in [0, 0.05) is 42.0 Å². The zero-order valence-corrected chi connectivity index (χ0v) is 11.2. The highest BCUT2D eigenvalue weighted by Crippen LogP contribution is 2.18. The number of anilines is 2. The molecule has 2 N–H and O–H groups in total. The zero-order valence-electron chi connectivity index (χ0n) is 10.4. The van der Waals surface area contributed by atoms with Crippen molar-refractivity contribution in [2.75, 3.05) is 35.7 Å². The lowest BCUT2D eigenvalue weighted by Gasteiger charge is -2.10. The van der Waals surface area contributed by atoms with Crippen molar-refractivity contribution >= 4 is 22.4 Å². The van der Waals surface area contributed by atoms with Crippen molar-refractivity contribution in [3.63, 3.8) is 0 Å². The fraction of sp³-hybridized carbons (Fsp3) is 0.545. The van der Waals surface area contributed by atoms with Crippen molar-refractivity contribution in [3.8, 4) is 0 Å². The number of pyridine rings is 1. The second-order valence-electron chi connectivity index (χ2n) is 3.74. The monoisotopic (exact) mass is 277 g/mol. The maximum absolute atomic E-state index is 13.4. The molecule has 0 amide bonds. The number of halogens is 2. The Balaban J connectivity index is 2.64. The maximum atomic E-state index is 13.4. The van der Waals surface area contributed by atoms with Crippen LogP contribution in [0.3, 0.4) is 0 Å². The van der Waals surface area contributed by atoms with Gasteiger partial charge < -0.3 is 10.6 Å². The molecule has 102 valence electrons. The molecule has 1 heterocycles. The molecular weight excluding hydrogens is 260 g/mol. The van der Waals surface area contributed by atoms with Crippen molar-refractivity contribution in [3.05, 3.63) is 17.7 Å². The van der Waals surface area contributed by atoms with E-state index >= 15 is 0 Å². The summed E-state index contributed by atoms with van der Waals surface area (Å²) >= 11 is 0. The van der Waals surface area contributed by atoms with Crippen LogP contribution in [0.25, 0.3) is 0 Å². The molecule has 0 spiro atoms. The van der Waals surface area contributed by atoms with Gasteiger partial charge in [0.1, 0.15) is 0 Å². The molecule has 0 saturated carbocycles. The Labute approximate surface area is 108 Å². The summed E-state index contributed by atoms with van der Waals surface area (Å²) in [5.41, 5.74) is 0. The van der Waals surface area contributed by atoms with E-state index < -0.39 is 22.4 Å². The summed E-state index contributed by atoms with van der Waals surface area (Å²) in [6, 6.07) is 0.797. The van der Waals surface area contributed by atoms with E-state index in [4.69, 9.17) is 0 Å². The third-order valence-electron chi connectivity index (χ3n) is 2.17. The molecule has 18 heavy (non-hydrogen) atoms. The molecule has 4 nitrogen and oxygen atoms in total. The van der Waals surface area contributed by atoms with Gasteiger partial charge in [-0.05, 0) is 13.3 Å². The van der Waals surface area contributed by atoms with Crippen LogP contribution >= 0.6 is 0 Å². The molecule has 0 aliphatic carbocycles. The van der Waals surface area contributed by atoms with E-state index in [0.717, 1.165) is 6.07 Å². The normalized spacial score (nSPS) is 12.2. The number of nitrogens with zero attached hydrogens (tertiary/aromatic N) is 1. The van der Waals surface area contributed by atoms with Crippen molar-refractivity contribution in [1.29, 1.82) is 0 Å². The van der Waals surface area contributed by atoms with Crippen LogP contribution in [0.2, 0.25) is 0 Å². The van der Waals surface area contributed by atoms with E-state index in [-0.39, 0.29) is 11.6 Å². The summed E-state index contributed by atoms with van der Waals surface area (Å²) in [5, 5.41) is 5.48. The minimum absolute atomic E-state index is 0.00855. The summed E-state index contributed by atoms with van der Waals surface area (Å²) in [7, 11) is -0.866. The van der Waals surface area contributed by atoms with E-state index in [1.165, 1.54) is 0 Å². The highest BCUT2D eigenvalue weighted by molar-refractivity contribution is 7.84. The molecule has 7 heteroatoms. The molecule has 1 atom stereocenters. The molecule has 0 bridgehead atoms. The van der Waals surface area contributed by atoms with Crippen molar-refractivity contribution in [2.45, 2.75) is 13.3 Å².